The normalized spacial score (nSPS) is 10.4. The monoisotopic (exact) mass is 298 g/mol. The lowest BCUT2D eigenvalue weighted by Gasteiger charge is -2.11. The summed E-state index contributed by atoms with van der Waals surface area (Å²) in [5.41, 5.74) is 2.60. The van der Waals surface area contributed by atoms with Crippen molar-refractivity contribution in [3.63, 3.8) is 0 Å². The van der Waals surface area contributed by atoms with E-state index in [1.165, 1.54) is 18.7 Å². The van der Waals surface area contributed by atoms with Crippen LogP contribution in [0, 0.1) is 13.8 Å². The van der Waals surface area contributed by atoms with Crippen molar-refractivity contribution in [1.82, 2.24) is 9.88 Å². The summed E-state index contributed by atoms with van der Waals surface area (Å²) in [6.07, 6.45) is 0. The Bertz CT molecular complexity index is 533. The number of hydrogen-bond donors (Lipinski definition) is 1. The van der Waals surface area contributed by atoms with Gasteiger partial charge >= 0.3 is 0 Å². The molecule has 1 aromatic rings. The first-order chi connectivity index (χ1) is 8.75. The summed E-state index contributed by atoms with van der Waals surface area (Å²) in [7, 11) is 3.69. The van der Waals surface area contributed by atoms with E-state index in [1.807, 2.05) is 14.1 Å². The van der Waals surface area contributed by atoms with Crippen LogP contribution in [0.4, 0.5) is 0 Å². The first-order valence-electron chi connectivity index (χ1n) is 5.83. The lowest BCUT2D eigenvalue weighted by Crippen LogP contribution is -2.18. The minimum Gasteiger partial charge on any atom is -0.364 e. The second-order valence-electron chi connectivity index (χ2n) is 4.55. The molecule has 104 valence electrons. The number of H-pyrrole nitrogens is 1. The molecule has 0 aliphatic rings. The molecule has 0 spiro atoms. The Hall–Kier alpha value is -1.14. The van der Waals surface area contributed by atoms with Crippen molar-refractivity contribution in [2.75, 3.05) is 19.8 Å². The van der Waals surface area contributed by atoms with Gasteiger partial charge < -0.3 is 9.88 Å². The zero-order chi connectivity index (χ0) is 14.7. The van der Waals surface area contributed by atoms with Crippen LogP contribution in [0.15, 0.2) is 0 Å². The van der Waals surface area contributed by atoms with Crippen molar-refractivity contribution >= 4 is 39.9 Å². The van der Waals surface area contributed by atoms with Crippen LogP contribution in [-0.4, -0.2) is 45.6 Å². The van der Waals surface area contributed by atoms with E-state index in [9.17, 15) is 9.59 Å². The highest BCUT2D eigenvalue weighted by atomic mass is 32.2. The van der Waals surface area contributed by atoms with Gasteiger partial charge in [0.15, 0.2) is 11.6 Å². The molecule has 0 aromatic carbocycles. The average Bonchev–Trinajstić information content (AvgIpc) is 2.60. The topological polar surface area (TPSA) is 53.2 Å². The third-order valence-corrected chi connectivity index (χ3v) is 4.50. The van der Waals surface area contributed by atoms with E-state index in [-0.39, 0.29) is 17.3 Å². The Morgan fingerprint density at radius 1 is 1.32 bits per heavy atom. The maximum atomic E-state index is 12.1. The van der Waals surface area contributed by atoms with E-state index in [4.69, 9.17) is 12.2 Å². The molecule has 19 heavy (non-hydrogen) atoms. The smallest absolute Gasteiger partial charge is 0.189 e. The molecule has 0 amide bonds. The Kier molecular flexibility index (Phi) is 5.31. The molecule has 1 N–H and O–H groups in total. The third-order valence-electron chi connectivity index (χ3n) is 2.76. The van der Waals surface area contributed by atoms with Gasteiger partial charge in [-0.1, -0.05) is 24.0 Å². The fraction of sp³-hybridized carbons (Fsp3) is 0.462. The lowest BCUT2D eigenvalue weighted by atomic mass is 10.1. The van der Waals surface area contributed by atoms with Crippen molar-refractivity contribution < 1.29 is 9.59 Å². The van der Waals surface area contributed by atoms with Crippen LogP contribution in [0.1, 0.15) is 39.0 Å². The number of thioether (sulfide) groups is 1. The predicted octanol–water partition coefficient (Wildman–Crippen LogP) is 2.60. The molecule has 0 saturated heterocycles. The van der Waals surface area contributed by atoms with Gasteiger partial charge in [-0.05, 0) is 26.3 Å². The number of Topliss-reactive ketones (excluding diaryl/α,β-unsaturated/α-hetero) is 2. The molecule has 1 rings (SSSR count). The molecule has 0 saturated carbocycles. The number of carbonyl (C=O) groups is 2. The summed E-state index contributed by atoms with van der Waals surface area (Å²) < 4.78 is 0.668. The Morgan fingerprint density at radius 3 is 2.32 bits per heavy atom. The summed E-state index contributed by atoms with van der Waals surface area (Å²) in [5, 5.41) is 0. The van der Waals surface area contributed by atoms with Crippen molar-refractivity contribution in [2.24, 2.45) is 0 Å². The zero-order valence-electron chi connectivity index (χ0n) is 11.8. The van der Waals surface area contributed by atoms with E-state index >= 15 is 0 Å². The molecule has 1 aromatic heterocycles. The molecule has 0 atom stereocenters. The molecule has 0 aliphatic heterocycles. The summed E-state index contributed by atoms with van der Waals surface area (Å²) >= 11 is 6.45. The Labute approximate surface area is 122 Å². The van der Waals surface area contributed by atoms with Gasteiger partial charge in [0.05, 0.1) is 11.4 Å². The highest BCUT2D eigenvalue weighted by molar-refractivity contribution is 8.23. The van der Waals surface area contributed by atoms with Crippen molar-refractivity contribution in [3.05, 3.63) is 22.5 Å². The molecular formula is C13H18N2O2S2. The molecule has 0 fully saturated rings. The number of aromatic nitrogens is 1. The fourth-order valence-corrected chi connectivity index (χ4v) is 2.72. The number of rotatable bonds is 4. The van der Waals surface area contributed by atoms with Gasteiger partial charge in [-0.15, -0.1) is 0 Å². The van der Waals surface area contributed by atoms with Gasteiger partial charge in [0.1, 0.15) is 4.32 Å². The van der Waals surface area contributed by atoms with Gasteiger partial charge in [0.25, 0.3) is 0 Å². The number of carbonyl (C=O) groups excluding carboxylic acids is 2. The summed E-state index contributed by atoms with van der Waals surface area (Å²) in [6, 6.07) is 0. The minimum atomic E-state index is -0.0395. The van der Waals surface area contributed by atoms with E-state index in [0.29, 0.717) is 15.6 Å². The third kappa shape index (κ3) is 3.67. The number of nitrogens with zero attached hydrogens (tertiary/aromatic N) is 1. The minimum absolute atomic E-state index is 0.0261. The van der Waals surface area contributed by atoms with Gasteiger partial charge in [-0.25, -0.2) is 0 Å². The van der Waals surface area contributed by atoms with Gasteiger partial charge in [-0.2, -0.15) is 0 Å². The highest BCUT2D eigenvalue weighted by Crippen LogP contribution is 2.20. The maximum absolute atomic E-state index is 12.1. The van der Waals surface area contributed by atoms with Crippen LogP contribution in [0.25, 0.3) is 0 Å². The Morgan fingerprint density at radius 2 is 1.89 bits per heavy atom. The molecule has 0 bridgehead atoms. The van der Waals surface area contributed by atoms with Crippen LogP contribution in [0.2, 0.25) is 0 Å². The largest absolute Gasteiger partial charge is 0.364 e. The summed E-state index contributed by atoms with van der Waals surface area (Å²) in [6.45, 7) is 5.11. The highest BCUT2D eigenvalue weighted by Gasteiger charge is 2.20. The van der Waals surface area contributed by atoms with E-state index in [0.717, 1.165) is 11.3 Å². The quantitative estimate of drug-likeness (QED) is 0.684. The number of ketones is 2. The standard InChI is InChI=1S/C13H18N2O2S2/c1-7-11(9(3)16)8(2)14-12(7)10(17)6-19-13(18)15(4)5/h14H,6H2,1-5H3. The summed E-state index contributed by atoms with van der Waals surface area (Å²) in [4.78, 5) is 28.5. The van der Waals surface area contributed by atoms with E-state index < -0.39 is 0 Å². The second-order valence-corrected chi connectivity index (χ2v) is 6.16. The van der Waals surface area contributed by atoms with E-state index in [1.54, 1.807) is 18.7 Å². The maximum Gasteiger partial charge on any atom is 0.189 e. The second kappa shape index (κ2) is 6.34. The van der Waals surface area contributed by atoms with Crippen molar-refractivity contribution in [1.29, 1.82) is 0 Å². The molecule has 0 radical (unpaired) electrons. The number of hydrogen-bond acceptors (Lipinski definition) is 4. The van der Waals surface area contributed by atoms with Crippen LogP contribution >= 0.6 is 24.0 Å². The van der Waals surface area contributed by atoms with Gasteiger partial charge in [0.2, 0.25) is 0 Å². The Balaban J connectivity index is 2.87. The zero-order valence-corrected chi connectivity index (χ0v) is 13.4. The van der Waals surface area contributed by atoms with E-state index in [2.05, 4.69) is 4.98 Å². The molecule has 0 unspecified atom stereocenters. The average molecular weight is 298 g/mol. The van der Waals surface area contributed by atoms with Crippen LogP contribution < -0.4 is 0 Å². The lowest BCUT2D eigenvalue weighted by molar-refractivity contribution is 0.101. The van der Waals surface area contributed by atoms with Crippen LogP contribution in [-0.2, 0) is 0 Å². The van der Waals surface area contributed by atoms with Crippen molar-refractivity contribution in [3.8, 4) is 0 Å². The molecule has 6 heteroatoms. The number of aryl methyl sites for hydroxylation is 1. The number of nitrogens with one attached hydrogen (secondary N) is 1. The fourth-order valence-electron chi connectivity index (χ4n) is 1.89. The summed E-state index contributed by atoms with van der Waals surface area (Å²) in [5.74, 6) is 0.207. The number of thiocarbonyl (C=S) groups is 1. The SMILES string of the molecule is CC(=O)c1c(C)[nH]c(C(=O)CSC(=S)N(C)C)c1C. The van der Waals surface area contributed by atoms with Crippen molar-refractivity contribution in [2.45, 2.75) is 20.8 Å². The van der Waals surface area contributed by atoms with Gasteiger partial charge in [-0.3, -0.25) is 9.59 Å². The molecule has 4 nitrogen and oxygen atoms in total. The van der Waals surface area contributed by atoms with Gasteiger partial charge in [0, 0.05) is 25.4 Å². The molecule has 1 heterocycles. The number of aromatic amines is 1. The molecular weight excluding hydrogens is 280 g/mol. The first-order valence-corrected chi connectivity index (χ1v) is 7.22. The van der Waals surface area contributed by atoms with Crippen LogP contribution in [0.5, 0.6) is 0 Å². The predicted molar refractivity (Wildman–Crippen MR) is 83.3 cm³/mol. The molecule has 0 aliphatic carbocycles. The van der Waals surface area contributed by atoms with Crippen LogP contribution in [0.3, 0.4) is 0 Å². The first kappa shape index (κ1) is 15.9.